The molecule has 0 N–H and O–H groups in total. The Kier molecular flexibility index (Phi) is 6.98. The summed E-state index contributed by atoms with van der Waals surface area (Å²) in [6.07, 6.45) is 1.90. The van der Waals surface area contributed by atoms with Crippen LogP contribution < -0.4 is 0 Å². The smallest absolute Gasteiger partial charge is 0.0714 e. The molecule has 0 spiro atoms. The van der Waals surface area contributed by atoms with Crippen molar-refractivity contribution in [3.63, 3.8) is 0 Å². The van der Waals surface area contributed by atoms with E-state index in [0.29, 0.717) is 0 Å². The van der Waals surface area contributed by atoms with Crippen molar-refractivity contribution in [1.29, 1.82) is 0 Å². The first-order valence-corrected chi connectivity index (χ1v) is 14.3. The van der Waals surface area contributed by atoms with Crippen LogP contribution in [-0.2, 0) is 0 Å². The molecule has 0 saturated carbocycles. The maximum atomic E-state index is 4.99. The van der Waals surface area contributed by atoms with Gasteiger partial charge in [0, 0.05) is 22.9 Å². The minimum Gasteiger partial charge on any atom is -0.256 e. The van der Waals surface area contributed by atoms with Gasteiger partial charge in [-0.2, -0.15) is 0 Å². The molecule has 0 atom stereocenters. The molecule has 0 aliphatic heterocycles. The number of pyridine rings is 1. The van der Waals surface area contributed by atoms with Crippen LogP contribution in [0.4, 0.5) is 0 Å². The van der Waals surface area contributed by atoms with Crippen LogP contribution in [-0.4, -0.2) is 4.98 Å². The van der Waals surface area contributed by atoms with E-state index in [9.17, 15) is 0 Å². The fourth-order valence-corrected chi connectivity index (χ4v) is 5.98. The highest BCUT2D eigenvalue weighted by molar-refractivity contribution is 6.14. The first kappa shape index (κ1) is 25.4. The lowest BCUT2D eigenvalue weighted by Gasteiger charge is -2.28. The zero-order valence-electron chi connectivity index (χ0n) is 23.2. The Morgan fingerprint density at radius 1 is 0.238 bits per heavy atom. The summed E-state index contributed by atoms with van der Waals surface area (Å²) in [5.74, 6) is 0. The van der Waals surface area contributed by atoms with Crippen molar-refractivity contribution < 1.29 is 0 Å². The van der Waals surface area contributed by atoms with Crippen LogP contribution in [0.1, 0.15) is 0 Å². The van der Waals surface area contributed by atoms with E-state index in [1.165, 1.54) is 44.5 Å². The summed E-state index contributed by atoms with van der Waals surface area (Å²) in [6.45, 7) is 0. The van der Waals surface area contributed by atoms with Gasteiger partial charge in [0.2, 0.25) is 0 Å². The van der Waals surface area contributed by atoms with Crippen molar-refractivity contribution in [2.45, 2.75) is 0 Å². The molecule has 0 radical (unpaired) electrons. The van der Waals surface area contributed by atoms with E-state index in [0.717, 1.165) is 22.4 Å². The van der Waals surface area contributed by atoms with Gasteiger partial charge in [-0.1, -0.05) is 158 Å². The summed E-state index contributed by atoms with van der Waals surface area (Å²) in [5, 5.41) is 0. The Balaban J connectivity index is 1.81. The van der Waals surface area contributed by atoms with Crippen molar-refractivity contribution in [2.75, 3.05) is 0 Å². The van der Waals surface area contributed by atoms with Crippen molar-refractivity contribution in [2.24, 2.45) is 0 Å². The first-order valence-electron chi connectivity index (χ1n) is 14.3. The molecule has 42 heavy (non-hydrogen) atoms. The van der Waals surface area contributed by atoms with E-state index >= 15 is 0 Å². The second kappa shape index (κ2) is 11.5. The van der Waals surface area contributed by atoms with Crippen molar-refractivity contribution in [1.82, 2.24) is 4.98 Å². The molecule has 6 aromatic carbocycles. The van der Waals surface area contributed by atoms with E-state index in [1.807, 2.05) is 12.3 Å². The molecule has 1 heterocycles. The zero-order valence-corrected chi connectivity index (χ0v) is 23.2. The fraction of sp³-hybridized carbons (Fsp3) is 0. The monoisotopic (exact) mass is 535 g/mol. The van der Waals surface area contributed by atoms with Crippen molar-refractivity contribution >= 4 is 0 Å². The SMILES string of the molecule is c1ccc(-c2c(-c3ccccc3)c(-c3ccccc3)c(-c3ccccn3)c(-c3ccccc3)c2-c2ccccc2)cc1. The summed E-state index contributed by atoms with van der Waals surface area (Å²) < 4.78 is 0. The van der Waals surface area contributed by atoms with Gasteiger partial charge in [0.25, 0.3) is 0 Å². The number of hydrogen-bond donors (Lipinski definition) is 0. The third-order valence-corrected chi connectivity index (χ3v) is 7.73. The Morgan fingerprint density at radius 3 is 0.762 bits per heavy atom. The number of hydrogen-bond acceptors (Lipinski definition) is 1. The molecule has 0 aliphatic carbocycles. The van der Waals surface area contributed by atoms with E-state index in [-0.39, 0.29) is 0 Å². The Hall–Kier alpha value is -5.53. The molecule has 198 valence electrons. The predicted molar refractivity (Wildman–Crippen MR) is 177 cm³/mol. The number of rotatable bonds is 6. The molecular weight excluding hydrogens is 506 g/mol. The van der Waals surface area contributed by atoms with E-state index < -0.39 is 0 Å². The maximum absolute atomic E-state index is 4.99. The Bertz CT molecular complexity index is 1520. The minimum absolute atomic E-state index is 0.948. The molecule has 7 rings (SSSR count). The third-order valence-electron chi connectivity index (χ3n) is 7.73. The lowest BCUT2D eigenvalue weighted by Crippen LogP contribution is -2.02. The van der Waals surface area contributed by atoms with Crippen LogP contribution >= 0.6 is 0 Å². The van der Waals surface area contributed by atoms with E-state index in [1.54, 1.807) is 0 Å². The van der Waals surface area contributed by atoms with E-state index in [4.69, 9.17) is 4.98 Å². The average molecular weight is 536 g/mol. The first-order chi connectivity index (χ1) is 20.9. The summed E-state index contributed by atoms with van der Waals surface area (Å²) >= 11 is 0. The summed E-state index contributed by atoms with van der Waals surface area (Å²) in [7, 11) is 0. The maximum Gasteiger partial charge on any atom is 0.0714 e. The molecule has 7 aromatic rings. The van der Waals surface area contributed by atoms with Gasteiger partial charge in [-0.15, -0.1) is 0 Å². The van der Waals surface area contributed by atoms with Gasteiger partial charge >= 0.3 is 0 Å². The standard InChI is InChI=1S/C41H29N/c1-6-18-30(19-7-1)36-37(31-20-8-2-9-21-31)39(33-24-12-4-13-25-33)41(35-28-16-17-29-42-35)40(34-26-14-5-15-27-34)38(36)32-22-10-3-11-23-32/h1-29H. The van der Waals surface area contributed by atoms with Crippen LogP contribution in [0.15, 0.2) is 176 Å². The molecule has 1 heteroatoms. The van der Waals surface area contributed by atoms with Crippen LogP contribution in [0.2, 0.25) is 0 Å². The molecule has 0 aliphatic rings. The zero-order chi connectivity index (χ0) is 28.1. The van der Waals surface area contributed by atoms with Crippen LogP contribution in [0, 0.1) is 0 Å². The number of aromatic nitrogens is 1. The molecule has 0 bridgehead atoms. The molecule has 1 nitrogen and oxygen atoms in total. The summed E-state index contributed by atoms with van der Waals surface area (Å²) in [5.41, 5.74) is 13.9. The average Bonchev–Trinajstić information content (AvgIpc) is 3.09. The second-order valence-corrected chi connectivity index (χ2v) is 10.3. The molecule has 0 unspecified atom stereocenters. The molecular formula is C41H29N. The highest BCUT2D eigenvalue weighted by Gasteiger charge is 2.29. The van der Waals surface area contributed by atoms with Crippen LogP contribution in [0.25, 0.3) is 66.9 Å². The van der Waals surface area contributed by atoms with E-state index in [2.05, 4.69) is 164 Å². The number of benzene rings is 6. The van der Waals surface area contributed by atoms with Gasteiger partial charge in [0.05, 0.1) is 5.69 Å². The van der Waals surface area contributed by atoms with Crippen LogP contribution in [0.3, 0.4) is 0 Å². The van der Waals surface area contributed by atoms with Gasteiger partial charge < -0.3 is 0 Å². The fourth-order valence-electron chi connectivity index (χ4n) is 5.98. The van der Waals surface area contributed by atoms with Crippen LogP contribution in [0.5, 0.6) is 0 Å². The largest absolute Gasteiger partial charge is 0.256 e. The number of nitrogens with zero attached hydrogens (tertiary/aromatic N) is 1. The van der Waals surface area contributed by atoms with Gasteiger partial charge in [-0.3, -0.25) is 4.98 Å². The third kappa shape index (κ3) is 4.72. The Morgan fingerprint density at radius 2 is 0.500 bits per heavy atom. The quantitative estimate of drug-likeness (QED) is 0.206. The summed E-state index contributed by atoms with van der Waals surface area (Å²) in [4.78, 5) is 4.99. The van der Waals surface area contributed by atoms with Gasteiger partial charge in [-0.05, 0) is 56.6 Å². The van der Waals surface area contributed by atoms with Gasteiger partial charge in [0.15, 0.2) is 0 Å². The highest BCUT2D eigenvalue weighted by Crippen LogP contribution is 2.55. The highest BCUT2D eigenvalue weighted by atomic mass is 14.7. The Labute approximate surface area is 247 Å². The summed E-state index contributed by atoms with van der Waals surface area (Å²) in [6, 6.07) is 60.2. The normalized spacial score (nSPS) is 10.9. The predicted octanol–water partition coefficient (Wildman–Crippen LogP) is 11.1. The lowest BCUT2D eigenvalue weighted by molar-refractivity contribution is 1.33. The van der Waals surface area contributed by atoms with Crippen molar-refractivity contribution in [3.05, 3.63) is 176 Å². The minimum atomic E-state index is 0.948. The second-order valence-electron chi connectivity index (χ2n) is 10.3. The molecule has 0 fully saturated rings. The topological polar surface area (TPSA) is 12.9 Å². The lowest BCUT2D eigenvalue weighted by atomic mass is 9.75. The molecule has 1 aromatic heterocycles. The molecule has 0 amide bonds. The molecule has 0 saturated heterocycles. The van der Waals surface area contributed by atoms with Gasteiger partial charge in [-0.25, -0.2) is 0 Å². The van der Waals surface area contributed by atoms with Crippen molar-refractivity contribution in [3.8, 4) is 66.9 Å². The van der Waals surface area contributed by atoms with Gasteiger partial charge in [0.1, 0.15) is 0 Å².